The van der Waals surface area contributed by atoms with Crippen molar-refractivity contribution >= 4 is 0 Å². The Bertz CT molecular complexity index is 745. The Balaban J connectivity index is 2.03. The van der Waals surface area contributed by atoms with Gasteiger partial charge in [-0.05, 0) is 24.3 Å². The largest absolute Gasteiger partial charge is 0.254 e. The van der Waals surface area contributed by atoms with Crippen LogP contribution in [0.4, 0.5) is 17.6 Å². The molecular formula is C15H9F4N2+. The van der Waals surface area contributed by atoms with Gasteiger partial charge in [-0.2, -0.15) is 9.13 Å². The van der Waals surface area contributed by atoms with Gasteiger partial charge in [0, 0.05) is 12.1 Å². The molecule has 106 valence electrons. The number of aromatic nitrogens is 2. The maximum atomic E-state index is 13.7. The van der Waals surface area contributed by atoms with E-state index in [0.717, 1.165) is 24.3 Å². The second-order valence-electron chi connectivity index (χ2n) is 4.42. The zero-order valence-corrected chi connectivity index (χ0v) is 10.6. The number of imidazole rings is 1. The molecule has 0 bridgehead atoms. The van der Waals surface area contributed by atoms with Crippen molar-refractivity contribution in [1.82, 2.24) is 4.57 Å². The number of halogens is 4. The van der Waals surface area contributed by atoms with Gasteiger partial charge < -0.3 is 0 Å². The Morgan fingerprint density at radius 3 is 2.14 bits per heavy atom. The lowest BCUT2D eigenvalue weighted by Gasteiger charge is -1.99. The van der Waals surface area contributed by atoms with Gasteiger partial charge in [0.2, 0.25) is 0 Å². The van der Waals surface area contributed by atoms with E-state index in [1.165, 1.54) is 40.0 Å². The second kappa shape index (κ2) is 5.05. The molecular weight excluding hydrogens is 284 g/mol. The SMILES string of the molecule is Fc1ccc(-n2cc[n+](-c3ccc(F)cc3F)c2)c(F)c1. The van der Waals surface area contributed by atoms with Crippen LogP contribution in [0.2, 0.25) is 0 Å². The minimum absolute atomic E-state index is 0.123. The third kappa shape index (κ3) is 2.52. The van der Waals surface area contributed by atoms with Gasteiger partial charge in [0.25, 0.3) is 6.33 Å². The molecule has 0 aliphatic rings. The molecule has 0 saturated heterocycles. The van der Waals surface area contributed by atoms with Crippen LogP contribution in [-0.2, 0) is 0 Å². The van der Waals surface area contributed by atoms with Crippen LogP contribution in [0.1, 0.15) is 0 Å². The quantitative estimate of drug-likeness (QED) is 0.506. The molecule has 0 spiro atoms. The molecule has 1 aromatic heterocycles. The van der Waals surface area contributed by atoms with Crippen LogP contribution in [0.15, 0.2) is 55.1 Å². The molecule has 0 unspecified atom stereocenters. The number of benzene rings is 2. The molecule has 3 rings (SSSR count). The molecule has 2 aromatic carbocycles. The molecule has 0 N–H and O–H groups in total. The van der Waals surface area contributed by atoms with Crippen molar-refractivity contribution in [2.24, 2.45) is 0 Å². The lowest BCUT2D eigenvalue weighted by atomic mass is 10.3. The molecule has 0 saturated carbocycles. The van der Waals surface area contributed by atoms with Gasteiger partial charge in [0.1, 0.15) is 24.0 Å². The average molecular weight is 293 g/mol. The van der Waals surface area contributed by atoms with E-state index >= 15 is 0 Å². The van der Waals surface area contributed by atoms with Gasteiger partial charge in [-0.25, -0.2) is 17.6 Å². The second-order valence-corrected chi connectivity index (χ2v) is 4.42. The fourth-order valence-corrected chi connectivity index (χ4v) is 2.02. The van der Waals surface area contributed by atoms with E-state index in [-0.39, 0.29) is 11.4 Å². The van der Waals surface area contributed by atoms with Crippen LogP contribution in [0.3, 0.4) is 0 Å². The molecule has 0 atom stereocenters. The monoisotopic (exact) mass is 293 g/mol. The van der Waals surface area contributed by atoms with E-state index in [1.54, 1.807) is 0 Å². The van der Waals surface area contributed by atoms with Crippen LogP contribution in [0.5, 0.6) is 0 Å². The summed E-state index contributed by atoms with van der Waals surface area (Å²) >= 11 is 0. The van der Waals surface area contributed by atoms with Crippen molar-refractivity contribution < 1.29 is 22.1 Å². The smallest absolute Gasteiger partial charge is 0.207 e. The Kier molecular flexibility index (Phi) is 3.21. The fourth-order valence-electron chi connectivity index (χ4n) is 2.02. The molecule has 0 aliphatic heterocycles. The van der Waals surface area contributed by atoms with Crippen molar-refractivity contribution in [1.29, 1.82) is 0 Å². The number of hydrogen-bond donors (Lipinski definition) is 0. The van der Waals surface area contributed by atoms with E-state index in [2.05, 4.69) is 0 Å². The summed E-state index contributed by atoms with van der Waals surface area (Å²) in [6.45, 7) is 0. The van der Waals surface area contributed by atoms with Crippen LogP contribution in [0, 0.1) is 23.3 Å². The fraction of sp³-hybridized carbons (Fsp3) is 0. The molecule has 2 nitrogen and oxygen atoms in total. The summed E-state index contributed by atoms with van der Waals surface area (Å²) in [5.74, 6) is -2.84. The molecule has 21 heavy (non-hydrogen) atoms. The molecule has 6 heteroatoms. The topological polar surface area (TPSA) is 8.81 Å². The van der Waals surface area contributed by atoms with Crippen LogP contribution >= 0.6 is 0 Å². The summed E-state index contributed by atoms with van der Waals surface area (Å²) in [5, 5.41) is 0. The summed E-state index contributed by atoms with van der Waals surface area (Å²) in [4.78, 5) is 0. The van der Waals surface area contributed by atoms with Crippen molar-refractivity contribution in [3.8, 4) is 11.4 Å². The van der Waals surface area contributed by atoms with Gasteiger partial charge >= 0.3 is 0 Å². The third-order valence-corrected chi connectivity index (χ3v) is 3.01. The number of nitrogens with zero attached hydrogens (tertiary/aromatic N) is 2. The Hall–Kier alpha value is -2.63. The van der Waals surface area contributed by atoms with Crippen molar-refractivity contribution in [3.63, 3.8) is 0 Å². The van der Waals surface area contributed by atoms with E-state index in [1.807, 2.05) is 0 Å². The highest BCUT2D eigenvalue weighted by Crippen LogP contribution is 2.15. The maximum absolute atomic E-state index is 13.7. The first kappa shape index (κ1) is 13.4. The van der Waals surface area contributed by atoms with E-state index in [9.17, 15) is 17.6 Å². The first-order valence-corrected chi connectivity index (χ1v) is 6.05. The molecule has 0 fully saturated rings. The Labute approximate surface area is 117 Å². The minimum Gasteiger partial charge on any atom is -0.207 e. The van der Waals surface area contributed by atoms with Crippen LogP contribution < -0.4 is 4.57 Å². The van der Waals surface area contributed by atoms with Crippen molar-refractivity contribution in [2.75, 3.05) is 0 Å². The third-order valence-electron chi connectivity index (χ3n) is 3.01. The van der Waals surface area contributed by atoms with Gasteiger partial charge in [-0.3, -0.25) is 0 Å². The zero-order valence-electron chi connectivity index (χ0n) is 10.6. The zero-order chi connectivity index (χ0) is 15.0. The van der Waals surface area contributed by atoms with Crippen molar-refractivity contribution in [3.05, 3.63) is 78.4 Å². The summed E-state index contributed by atoms with van der Waals surface area (Å²) in [7, 11) is 0. The lowest BCUT2D eigenvalue weighted by Crippen LogP contribution is -2.29. The van der Waals surface area contributed by atoms with Gasteiger partial charge in [-0.15, -0.1) is 0 Å². The predicted octanol–water partition coefficient (Wildman–Crippen LogP) is 3.31. The minimum atomic E-state index is -0.739. The highest BCUT2D eigenvalue weighted by molar-refractivity contribution is 5.33. The molecule has 0 amide bonds. The predicted molar refractivity (Wildman–Crippen MR) is 67.1 cm³/mol. The normalized spacial score (nSPS) is 10.9. The summed E-state index contributed by atoms with van der Waals surface area (Å²) < 4.78 is 55.9. The molecule has 0 aliphatic carbocycles. The Morgan fingerprint density at radius 1 is 0.810 bits per heavy atom. The highest BCUT2D eigenvalue weighted by atomic mass is 19.1. The molecule has 1 heterocycles. The van der Waals surface area contributed by atoms with Gasteiger partial charge in [0.05, 0.1) is 0 Å². The van der Waals surface area contributed by atoms with Crippen LogP contribution in [-0.4, -0.2) is 4.57 Å². The maximum Gasteiger partial charge on any atom is 0.254 e. The first-order valence-electron chi connectivity index (χ1n) is 6.05. The summed E-state index contributed by atoms with van der Waals surface area (Å²) in [5.41, 5.74) is 0.246. The van der Waals surface area contributed by atoms with Gasteiger partial charge in [0.15, 0.2) is 23.0 Å². The van der Waals surface area contributed by atoms with E-state index in [4.69, 9.17) is 0 Å². The lowest BCUT2D eigenvalue weighted by molar-refractivity contribution is -0.596. The standard InChI is InChI=1S/C15H9F4N2/c16-10-1-3-14(12(18)7-10)20-5-6-21(9-20)15-4-2-11(17)8-13(15)19/h1-9H/q+1. The van der Waals surface area contributed by atoms with Crippen LogP contribution in [0.25, 0.3) is 11.4 Å². The average Bonchev–Trinajstić information content (AvgIpc) is 2.87. The summed E-state index contributed by atoms with van der Waals surface area (Å²) in [6, 6.07) is 6.32. The first-order chi connectivity index (χ1) is 10.0. The Morgan fingerprint density at radius 2 is 1.48 bits per heavy atom. The van der Waals surface area contributed by atoms with Crippen molar-refractivity contribution in [2.45, 2.75) is 0 Å². The summed E-state index contributed by atoms with van der Waals surface area (Å²) in [6.07, 6.45) is 4.38. The van der Waals surface area contributed by atoms with Gasteiger partial charge in [-0.1, -0.05) is 0 Å². The van der Waals surface area contributed by atoms with E-state index < -0.39 is 23.3 Å². The molecule has 0 radical (unpaired) electrons. The van der Waals surface area contributed by atoms with E-state index in [0.29, 0.717) is 0 Å². The molecule has 3 aromatic rings. The number of rotatable bonds is 2. The highest BCUT2D eigenvalue weighted by Gasteiger charge is 2.16. The number of hydrogen-bond acceptors (Lipinski definition) is 0.